The molecule has 3 atom stereocenters. The fourth-order valence-corrected chi connectivity index (χ4v) is 8.00. The van der Waals surface area contributed by atoms with Gasteiger partial charge in [-0.25, -0.2) is 0 Å². The van der Waals surface area contributed by atoms with E-state index >= 15 is 0 Å². The van der Waals surface area contributed by atoms with Crippen molar-refractivity contribution >= 4 is 22.6 Å². The van der Waals surface area contributed by atoms with Gasteiger partial charge in [0.05, 0.1) is 17.2 Å². The Kier molecular flexibility index (Phi) is 6.67. The Balaban J connectivity index is 1.22. The second kappa shape index (κ2) is 10.9. The molecule has 0 amide bonds. The molecule has 2 bridgehead atoms. The molecule has 3 heterocycles. The van der Waals surface area contributed by atoms with E-state index in [0.717, 1.165) is 19.5 Å². The van der Waals surface area contributed by atoms with Crippen LogP contribution in [0.25, 0.3) is 5.57 Å². The first kappa shape index (κ1) is 27.6. The topological polar surface area (TPSA) is 13.0 Å². The molecule has 4 heteroatoms. The number of fused-ring (bicyclic) bond motifs is 4. The predicted molar refractivity (Wildman–Crippen MR) is 188 cm³/mol. The van der Waals surface area contributed by atoms with Crippen LogP contribution in [0.5, 0.6) is 0 Å². The van der Waals surface area contributed by atoms with Crippen LogP contribution in [-0.2, 0) is 5.41 Å². The molecule has 3 unspecified atom stereocenters. The largest absolute Gasteiger partial charge is 0.369 e. The molecule has 8 rings (SSSR count). The SMILES string of the molecule is CC1C=C(/C2=C/N(C)/C=C\C=C/CN2C)C=CC1N1C2=CC=C3CC2(CN(c2ccccc2)c2ccccc23)c2ccccc21. The van der Waals surface area contributed by atoms with Gasteiger partial charge in [0.2, 0.25) is 0 Å². The van der Waals surface area contributed by atoms with Crippen molar-refractivity contribution < 1.29 is 0 Å². The lowest BCUT2D eigenvalue weighted by molar-refractivity contribution is 0.454. The van der Waals surface area contributed by atoms with Gasteiger partial charge >= 0.3 is 0 Å². The molecule has 45 heavy (non-hydrogen) atoms. The Hall–Kier alpha value is -4.96. The number of hydrogen-bond donors (Lipinski definition) is 0. The van der Waals surface area contributed by atoms with Crippen molar-refractivity contribution in [2.45, 2.75) is 24.8 Å². The summed E-state index contributed by atoms with van der Waals surface area (Å²) in [6.07, 6.45) is 23.9. The normalized spacial score (nSPS) is 27.7. The molecule has 3 aromatic carbocycles. The van der Waals surface area contributed by atoms with Crippen LogP contribution in [-0.4, -0.2) is 43.0 Å². The molecule has 1 spiro atoms. The fraction of sp³-hybridized carbons (Fsp3) is 0.220. The maximum Gasteiger partial charge on any atom is 0.0601 e. The van der Waals surface area contributed by atoms with E-state index in [1.165, 1.54) is 50.7 Å². The number of allylic oxidation sites excluding steroid dienone is 6. The number of nitrogens with zero attached hydrogens (tertiary/aromatic N) is 4. The molecule has 0 saturated carbocycles. The number of hydrogen-bond acceptors (Lipinski definition) is 4. The average Bonchev–Trinajstić information content (AvgIpc) is 3.33. The lowest BCUT2D eigenvalue weighted by atomic mass is 9.71. The molecule has 0 aromatic heterocycles. The molecule has 3 aliphatic heterocycles. The summed E-state index contributed by atoms with van der Waals surface area (Å²) in [7, 11) is 4.28. The molecule has 2 aliphatic carbocycles. The van der Waals surface area contributed by atoms with Gasteiger partial charge in [-0.1, -0.05) is 98.0 Å². The molecule has 4 nitrogen and oxygen atoms in total. The van der Waals surface area contributed by atoms with Crippen LogP contribution in [0.2, 0.25) is 0 Å². The molecule has 5 aliphatic rings. The first-order chi connectivity index (χ1) is 22.0. The molecule has 0 saturated heterocycles. The quantitative estimate of drug-likeness (QED) is 0.304. The summed E-state index contributed by atoms with van der Waals surface area (Å²) in [5, 5.41) is 0. The smallest absolute Gasteiger partial charge is 0.0601 e. The van der Waals surface area contributed by atoms with Crippen molar-refractivity contribution in [3.63, 3.8) is 0 Å². The minimum absolute atomic E-state index is 0.158. The summed E-state index contributed by atoms with van der Waals surface area (Å²) >= 11 is 0. The molecule has 224 valence electrons. The highest BCUT2D eigenvalue weighted by Gasteiger charge is 2.53. The van der Waals surface area contributed by atoms with Crippen molar-refractivity contribution in [1.29, 1.82) is 0 Å². The van der Waals surface area contributed by atoms with Gasteiger partial charge in [-0.2, -0.15) is 0 Å². The van der Waals surface area contributed by atoms with Crippen LogP contribution in [0.1, 0.15) is 24.5 Å². The highest BCUT2D eigenvalue weighted by molar-refractivity contribution is 5.89. The summed E-state index contributed by atoms with van der Waals surface area (Å²) < 4.78 is 0. The molecule has 0 radical (unpaired) electrons. The monoisotopic (exact) mass is 588 g/mol. The third-order valence-corrected chi connectivity index (χ3v) is 10.1. The molecular weight excluding hydrogens is 548 g/mol. The zero-order valence-electron chi connectivity index (χ0n) is 26.3. The Labute approximate surface area is 267 Å². The summed E-state index contributed by atoms with van der Waals surface area (Å²) in [4.78, 5) is 9.70. The Morgan fingerprint density at radius 1 is 0.822 bits per heavy atom. The van der Waals surface area contributed by atoms with Gasteiger partial charge < -0.3 is 19.6 Å². The lowest BCUT2D eigenvalue weighted by Crippen LogP contribution is -2.45. The third-order valence-electron chi connectivity index (χ3n) is 10.1. The second-order valence-electron chi connectivity index (χ2n) is 13.0. The summed E-state index contributed by atoms with van der Waals surface area (Å²) in [6.45, 7) is 4.14. The zero-order valence-corrected chi connectivity index (χ0v) is 26.3. The third kappa shape index (κ3) is 4.50. The Morgan fingerprint density at radius 2 is 1.60 bits per heavy atom. The molecule has 0 N–H and O–H groups in total. The van der Waals surface area contributed by atoms with Crippen molar-refractivity contribution in [2.24, 2.45) is 5.92 Å². The van der Waals surface area contributed by atoms with E-state index in [-0.39, 0.29) is 11.5 Å². The van der Waals surface area contributed by atoms with Crippen LogP contribution in [0.4, 0.5) is 17.1 Å². The maximum atomic E-state index is 2.66. The van der Waals surface area contributed by atoms with Gasteiger partial charge in [-0.3, -0.25) is 0 Å². The standard InChI is InChI=1S/C41H40N4/c1-30-26-31(39-28-42(2)24-12-5-13-25-43(39)3)20-22-36(30)45-38-19-11-9-17-35(38)41-27-32(21-23-40(41)45)34-16-8-10-18-37(34)44(29-41)33-14-6-4-7-15-33/h4-24,26,28,30,36H,25,27,29H2,1-3H3/b13-5-,24-12-,39-28-. The van der Waals surface area contributed by atoms with Gasteiger partial charge in [0.1, 0.15) is 0 Å². The minimum Gasteiger partial charge on any atom is -0.369 e. The summed E-state index contributed by atoms with van der Waals surface area (Å²) in [5.41, 5.74) is 11.8. The van der Waals surface area contributed by atoms with Crippen molar-refractivity contribution in [2.75, 3.05) is 37.0 Å². The minimum atomic E-state index is -0.158. The first-order valence-electron chi connectivity index (χ1n) is 16.1. The molecule has 3 aromatic rings. The number of para-hydroxylation sites is 3. The van der Waals surface area contributed by atoms with Crippen LogP contribution < -0.4 is 9.80 Å². The number of rotatable bonds is 3. The highest BCUT2D eigenvalue weighted by Crippen LogP contribution is 2.59. The van der Waals surface area contributed by atoms with Gasteiger partial charge in [0.15, 0.2) is 0 Å². The zero-order chi connectivity index (χ0) is 30.5. The Morgan fingerprint density at radius 3 is 2.44 bits per heavy atom. The van der Waals surface area contributed by atoms with Crippen molar-refractivity contribution in [1.82, 2.24) is 9.80 Å². The predicted octanol–water partition coefficient (Wildman–Crippen LogP) is 8.56. The number of anilines is 3. The van der Waals surface area contributed by atoms with Crippen LogP contribution in [0.15, 0.2) is 157 Å². The highest BCUT2D eigenvalue weighted by atomic mass is 15.2. The van der Waals surface area contributed by atoms with Gasteiger partial charge in [-0.15, -0.1) is 0 Å². The van der Waals surface area contributed by atoms with Gasteiger partial charge in [0, 0.05) is 67.9 Å². The summed E-state index contributed by atoms with van der Waals surface area (Å²) in [6, 6.07) is 29.3. The maximum absolute atomic E-state index is 2.66. The van der Waals surface area contributed by atoms with E-state index in [0.29, 0.717) is 5.92 Å². The molecule has 0 fully saturated rings. The van der Waals surface area contributed by atoms with E-state index in [9.17, 15) is 0 Å². The van der Waals surface area contributed by atoms with Crippen molar-refractivity contribution in [3.8, 4) is 0 Å². The van der Waals surface area contributed by atoms with Crippen molar-refractivity contribution in [3.05, 3.63) is 168 Å². The fourth-order valence-electron chi connectivity index (χ4n) is 8.00. The van der Waals surface area contributed by atoms with Crippen LogP contribution >= 0.6 is 0 Å². The Bertz CT molecular complexity index is 1850. The van der Waals surface area contributed by atoms with Crippen LogP contribution in [0, 0.1) is 5.92 Å². The average molecular weight is 589 g/mol. The second-order valence-corrected chi connectivity index (χ2v) is 13.0. The summed E-state index contributed by atoms with van der Waals surface area (Å²) in [5.74, 6) is 0.311. The first-order valence-corrected chi connectivity index (χ1v) is 16.1. The van der Waals surface area contributed by atoms with E-state index in [1.54, 1.807) is 0 Å². The van der Waals surface area contributed by atoms with Gasteiger partial charge in [0.25, 0.3) is 0 Å². The van der Waals surface area contributed by atoms with Gasteiger partial charge in [-0.05, 0) is 65.5 Å². The number of likely N-dealkylation sites (N-methyl/N-ethyl adjacent to an activating group) is 1. The van der Waals surface area contributed by atoms with E-state index in [4.69, 9.17) is 0 Å². The molecular formula is C41H40N4. The van der Waals surface area contributed by atoms with E-state index in [1.807, 2.05) is 0 Å². The van der Waals surface area contributed by atoms with Crippen LogP contribution in [0.3, 0.4) is 0 Å². The van der Waals surface area contributed by atoms with E-state index in [2.05, 4.69) is 180 Å². The number of benzene rings is 3. The lowest BCUT2D eigenvalue weighted by Gasteiger charge is -2.41. The van der Waals surface area contributed by atoms with E-state index < -0.39 is 0 Å².